The highest BCUT2D eigenvalue weighted by Gasteiger charge is 2.44. The minimum Gasteiger partial charge on any atom is -0.371 e. The van der Waals surface area contributed by atoms with Gasteiger partial charge in [-0.1, -0.05) is 79.6 Å². The highest BCUT2D eigenvalue weighted by Crippen LogP contribution is 2.37. The lowest BCUT2D eigenvalue weighted by atomic mass is 9.97. The van der Waals surface area contributed by atoms with Crippen molar-refractivity contribution in [2.24, 2.45) is 10.9 Å². The lowest BCUT2D eigenvalue weighted by molar-refractivity contribution is -0.117. The second kappa shape index (κ2) is 18.2. The Morgan fingerprint density at radius 3 is 2.58 bits per heavy atom. The second-order valence-electron chi connectivity index (χ2n) is 11.7. The lowest BCUT2D eigenvalue weighted by Crippen LogP contribution is -2.28. The third-order valence-electron chi connectivity index (χ3n) is 8.06. The number of hydrogen-bond acceptors (Lipinski definition) is 3. The van der Waals surface area contributed by atoms with Gasteiger partial charge in [-0.2, -0.15) is 0 Å². The van der Waals surface area contributed by atoms with Crippen molar-refractivity contribution in [1.29, 1.82) is 0 Å². The van der Waals surface area contributed by atoms with Crippen LogP contribution in [0.4, 0.5) is 4.39 Å². The summed E-state index contributed by atoms with van der Waals surface area (Å²) in [7, 11) is 1.78. The molecule has 43 heavy (non-hydrogen) atoms. The van der Waals surface area contributed by atoms with Crippen LogP contribution in [0.3, 0.4) is 0 Å². The Bertz CT molecular complexity index is 1290. The zero-order chi connectivity index (χ0) is 31.0. The normalized spacial score (nSPS) is 22.0. The topological polar surface area (TPSA) is 32.7 Å². The highest BCUT2D eigenvalue weighted by molar-refractivity contribution is 5.99. The molecule has 1 heterocycles. The molecule has 1 aromatic rings. The van der Waals surface area contributed by atoms with Crippen LogP contribution in [-0.4, -0.2) is 43.2 Å². The summed E-state index contributed by atoms with van der Waals surface area (Å²) in [4.78, 5) is 19.2. The molecule has 0 radical (unpaired) electrons. The Morgan fingerprint density at radius 2 is 1.91 bits per heavy atom. The van der Waals surface area contributed by atoms with Gasteiger partial charge < -0.3 is 4.90 Å². The number of unbranched alkanes of at least 4 members (excludes halogenated alkanes) is 1. The number of rotatable bonds is 15. The van der Waals surface area contributed by atoms with E-state index in [-0.39, 0.29) is 5.78 Å². The van der Waals surface area contributed by atoms with Gasteiger partial charge in [0.15, 0.2) is 5.78 Å². The first-order valence-corrected chi connectivity index (χ1v) is 16.0. The summed E-state index contributed by atoms with van der Waals surface area (Å²) in [6.45, 7) is 12.2. The average Bonchev–Trinajstić information content (AvgIpc) is 3.72. The minimum atomic E-state index is -0.936. The maximum Gasteiger partial charge on any atom is 0.164 e. The number of carbonyl (C=O) groups excluding carboxylic acids is 1. The van der Waals surface area contributed by atoms with Crippen LogP contribution in [0.2, 0.25) is 0 Å². The second-order valence-corrected chi connectivity index (χ2v) is 11.7. The molecule has 2 atom stereocenters. The number of alkyl halides is 1. The molecule has 1 saturated carbocycles. The molecule has 0 saturated heterocycles. The molecule has 2 aliphatic rings. The maximum atomic E-state index is 13.5. The number of Topliss-reactive ketones (excluding diaryl/α,β-unsaturated/α-hetero) is 1. The molecule has 230 valence electrons. The molecule has 3 rings (SSSR count). The van der Waals surface area contributed by atoms with Gasteiger partial charge in [0.1, 0.15) is 6.17 Å². The number of allylic oxidation sites excluding steroid dienone is 10. The molecular formula is C39H51FN2O. The fourth-order valence-electron chi connectivity index (χ4n) is 5.54. The largest absolute Gasteiger partial charge is 0.371 e. The number of benzene rings is 1. The fourth-order valence-corrected chi connectivity index (χ4v) is 5.54. The Hall–Kier alpha value is -3.53. The van der Waals surface area contributed by atoms with Gasteiger partial charge in [-0.15, -0.1) is 6.58 Å². The van der Waals surface area contributed by atoms with Gasteiger partial charge in [-0.25, -0.2) is 4.39 Å². The Kier molecular flexibility index (Phi) is 14.4. The highest BCUT2D eigenvalue weighted by atomic mass is 19.1. The van der Waals surface area contributed by atoms with Crippen molar-refractivity contribution in [3.8, 4) is 0 Å². The Labute approximate surface area is 260 Å². The molecule has 0 unspecified atom stereocenters. The molecule has 1 fully saturated rings. The molecular weight excluding hydrogens is 531 g/mol. The summed E-state index contributed by atoms with van der Waals surface area (Å²) >= 11 is 0. The minimum absolute atomic E-state index is 0.0269. The smallest absolute Gasteiger partial charge is 0.164 e. The van der Waals surface area contributed by atoms with Crippen LogP contribution < -0.4 is 0 Å². The number of hydrogen-bond donors (Lipinski definition) is 0. The van der Waals surface area contributed by atoms with E-state index in [0.29, 0.717) is 12.8 Å². The summed E-state index contributed by atoms with van der Waals surface area (Å²) in [5, 5.41) is 0. The molecule has 1 aromatic carbocycles. The summed E-state index contributed by atoms with van der Waals surface area (Å²) < 4.78 is 13.5. The monoisotopic (exact) mass is 582 g/mol. The number of halogens is 1. The average molecular weight is 583 g/mol. The van der Waals surface area contributed by atoms with Gasteiger partial charge in [0, 0.05) is 32.0 Å². The van der Waals surface area contributed by atoms with Crippen LogP contribution in [0.25, 0.3) is 11.6 Å². The van der Waals surface area contributed by atoms with Crippen LogP contribution in [0.1, 0.15) is 89.7 Å². The Morgan fingerprint density at radius 1 is 1.14 bits per heavy atom. The quantitative estimate of drug-likeness (QED) is 0.0892. The fraction of sp³-hybridized carbons (Fsp3) is 0.436. The molecule has 1 aliphatic heterocycles. The van der Waals surface area contributed by atoms with Gasteiger partial charge in [0.05, 0.1) is 5.92 Å². The van der Waals surface area contributed by atoms with E-state index in [4.69, 9.17) is 0 Å². The first-order valence-electron chi connectivity index (χ1n) is 16.0. The number of aliphatic imine (C=N–C) groups is 1. The third kappa shape index (κ3) is 11.2. The number of carbonyl (C=O) groups is 1. The van der Waals surface area contributed by atoms with E-state index in [1.54, 1.807) is 7.05 Å². The predicted octanol–water partition coefficient (Wildman–Crippen LogP) is 10.1. The summed E-state index contributed by atoms with van der Waals surface area (Å²) in [6, 6.07) is 8.76. The van der Waals surface area contributed by atoms with Gasteiger partial charge in [0.2, 0.25) is 0 Å². The molecule has 0 N–H and O–H groups in total. The number of nitrogens with zero attached hydrogens (tertiary/aromatic N) is 2. The van der Waals surface area contributed by atoms with E-state index >= 15 is 0 Å². The molecule has 0 spiro atoms. The first kappa shape index (κ1) is 34.0. The van der Waals surface area contributed by atoms with Gasteiger partial charge >= 0.3 is 0 Å². The standard InChI is InChI=1S/C39H51FN2O/c1-6-8-17-35(33-22-20-32(21-23-33)16-11-9-10-15-30(3)14-7-2)28-31(4)38(24-25-41-5)42-26-12-18-34(19-13-27-42)39(43)36-29-37(36)40/h6,11,15-18,20-25,28,36-37H,1,7-10,12-14,19,26-27,29H2,2-5H3/b16-11+,30-15-,31-28+,34-18-,35-17+,38-24+,41-25?/t36-,37-/m0/s1. The van der Waals surface area contributed by atoms with Gasteiger partial charge in [0.25, 0.3) is 0 Å². The predicted molar refractivity (Wildman–Crippen MR) is 184 cm³/mol. The van der Waals surface area contributed by atoms with Crippen LogP contribution in [0.15, 0.2) is 101 Å². The molecule has 1 aliphatic carbocycles. The van der Waals surface area contributed by atoms with E-state index in [1.807, 2.05) is 18.4 Å². The molecule has 0 amide bonds. The van der Waals surface area contributed by atoms with Crippen LogP contribution in [0, 0.1) is 5.92 Å². The van der Waals surface area contributed by atoms with Crippen LogP contribution >= 0.6 is 0 Å². The van der Waals surface area contributed by atoms with E-state index in [9.17, 15) is 9.18 Å². The molecule has 4 heteroatoms. The zero-order valence-corrected chi connectivity index (χ0v) is 26.8. The van der Waals surface area contributed by atoms with Crippen molar-refractivity contribution in [1.82, 2.24) is 4.90 Å². The van der Waals surface area contributed by atoms with Crippen molar-refractivity contribution in [2.45, 2.75) is 84.7 Å². The van der Waals surface area contributed by atoms with E-state index in [0.717, 1.165) is 67.6 Å². The summed E-state index contributed by atoms with van der Waals surface area (Å²) in [5.74, 6) is -0.366. The van der Waals surface area contributed by atoms with E-state index in [1.165, 1.54) is 29.5 Å². The molecule has 3 nitrogen and oxygen atoms in total. The molecule has 0 aromatic heterocycles. The third-order valence-corrected chi connectivity index (χ3v) is 8.06. The molecule has 0 bridgehead atoms. The Balaban J connectivity index is 1.74. The van der Waals surface area contributed by atoms with Crippen molar-refractivity contribution < 1.29 is 9.18 Å². The van der Waals surface area contributed by atoms with E-state index in [2.05, 4.69) is 98.0 Å². The van der Waals surface area contributed by atoms with Crippen LogP contribution in [0.5, 0.6) is 0 Å². The van der Waals surface area contributed by atoms with Gasteiger partial charge in [-0.05, 0) is 105 Å². The van der Waals surface area contributed by atoms with Crippen molar-refractivity contribution in [2.75, 3.05) is 20.1 Å². The summed E-state index contributed by atoms with van der Waals surface area (Å²) in [5.41, 5.74) is 8.13. The lowest BCUT2D eigenvalue weighted by Gasteiger charge is -2.29. The zero-order valence-electron chi connectivity index (χ0n) is 26.8. The van der Waals surface area contributed by atoms with Crippen molar-refractivity contribution >= 4 is 23.6 Å². The van der Waals surface area contributed by atoms with Crippen LogP contribution in [-0.2, 0) is 4.79 Å². The maximum absolute atomic E-state index is 13.5. The summed E-state index contributed by atoms with van der Waals surface area (Å²) in [6.07, 6.45) is 26.3. The van der Waals surface area contributed by atoms with Gasteiger partial charge in [-0.3, -0.25) is 9.79 Å². The van der Waals surface area contributed by atoms with Crippen molar-refractivity contribution in [3.63, 3.8) is 0 Å². The first-order chi connectivity index (χ1) is 20.9. The number of ketones is 1. The van der Waals surface area contributed by atoms with E-state index < -0.39 is 12.1 Å². The SMILES string of the molecule is C=CC\C=C(/C=C(C)/C(=C\C=NC)N1CC/C=C(\C(=O)[C@H]2C[C@@H]2F)CCC1)c1ccc(/C=C/CC/C=C(/C)CCC)cc1. The van der Waals surface area contributed by atoms with Crippen molar-refractivity contribution in [3.05, 3.63) is 107 Å².